The van der Waals surface area contributed by atoms with Crippen LogP contribution in [0.3, 0.4) is 0 Å². The summed E-state index contributed by atoms with van der Waals surface area (Å²) in [6.07, 6.45) is 5.89. The number of nitrogens with one attached hydrogen (secondary N) is 2. The van der Waals surface area contributed by atoms with Gasteiger partial charge in [-0.1, -0.05) is 31.4 Å². The Balaban J connectivity index is 1.53. The molecule has 1 aliphatic rings. The van der Waals surface area contributed by atoms with Crippen molar-refractivity contribution in [2.24, 2.45) is 0 Å². The van der Waals surface area contributed by atoms with Crippen molar-refractivity contribution in [3.8, 4) is 11.5 Å². The molecule has 0 aromatic heterocycles. The third kappa shape index (κ3) is 6.45. The Labute approximate surface area is 184 Å². The predicted octanol–water partition coefficient (Wildman–Crippen LogP) is 3.89. The molecule has 0 radical (unpaired) electrons. The SMILES string of the molecule is COc1ccc(NC(=O)CCc2ccc(S(=O)(=O)NC3CCCCC3)cc2)cc1OC. The average molecular weight is 447 g/mol. The van der Waals surface area contributed by atoms with Gasteiger partial charge in [-0.2, -0.15) is 0 Å². The molecular formula is C23H30N2O5S. The van der Waals surface area contributed by atoms with E-state index in [2.05, 4.69) is 10.0 Å². The molecule has 8 heteroatoms. The first-order valence-corrected chi connectivity index (χ1v) is 12.0. The molecule has 1 fully saturated rings. The number of aryl methyl sites for hydroxylation is 1. The Hall–Kier alpha value is -2.58. The summed E-state index contributed by atoms with van der Waals surface area (Å²) in [6, 6.07) is 11.9. The molecule has 2 N–H and O–H groups in total. The quantitative estimate of drug-likeness (QED) is 0.610. The number of rotatable bonds is 9. The lowest BCUT2D eigenvalue weighted by atomic mass is 9.96. The minimum absolute atomic E-state index is 0.0266. The summed E-state index contributed by atoms with van der Waals surface area (Å²) in [5, 5.41) is 2.84. The molecule has 0 bridgehead atoms. The van der Waals surface area contributed by atoms with E-state index in [1.54, 1.807) is 49.6 Å². The molecule has 31 heavy (non-hydrogen) atoms. The summed E-state index contributed by atoms with van der Waals surface area (Å²) in [4.78, 5) is 12.6. The van der Waals surface area contributed by atoms with Gasteiger partial charge in [0.2, 0.25) is 15.9 Å². The van der Waals surface area contributed by atoms with Crippen molar-refractivity contribution in [2.75, 3.05) is 19.5 Å². The van der Waals surface area contributed by atoms with Crippen LogP contribution in [-0.2, 0) is 21.2 Å². The number of hydrogen-bond acceptors (Lipinski definition) is 5. The van der Waals surface area contributed by atoms with E-state index in [0.717, 1.165) is 31.2 Å². The highest BCUT2D eigenvalue weighted by Gasteiger charge is 2.21. The second-order valence-electron chi connectivity index (χ2n) is 7.72. The Morgan fingerprint density at radius 1 is 0.968 bits per heavy atom. The zero-order chi connectivity index (χ0) is 22.3. The number of hydrogen-bond donors (Lipinski definition) is 2. The highest BCUT2D eigenvalue weighted by molar-refractivity contribution is 7.89. The van der Waals surface area contributed by atoms with Crippen molar-refractivity contribution in [3.05, 3.63) is 48.0 Å². The highest BCUT2D eigenvalue weighted by atomic mass is 32.2. The smallest absolute Gasteiger partial charge is 0.240 e. The molecule has 168 valence electrons. The molecule has 0 atom stereocenters. The van der Waals surface area contributed by atoms with Crippen molar-refractivity contribution in [3.63, 3.8) is 0 Å². The molecule has 2 aromatic carbocycles. The van der Waals surface area contributed by atoms with E-state index in [9.17, 15) is 13.2 Å². The van der Waals surface area contributed by atoms with Gasteiger partial charge in [0.15, 0.2) is 11.5 Å². The lowest BCUT2D eigenvalue weighted by molar-refractivity contribution is -0.116. The maximum Gasteiger partial charge on any atom is 0.240 e. The van der Waals surface area contributed by atoms with Crippen LogP contribution in [0, 0.1) is 0 Å². The topological polar surface area (TPSA) is 93.7 Å². The molecule has 1 saturated carbocycles. The standard InChI is InChI=1S/C23H30N2O5S/c1-29-21-14-11-19(16-22(21)30-2)24-23(26)15-10-17-8-12-20(13-9-17)31(27,28)25-18-6-4-3-5-7-18/h8-9,11-14,16,18,25H,3-7,10,15H2,1-2H3,(H,24,26). The van der Waals surface area contributed by atoms with Crippen LogP contribution in [0.15, 0.2) is 47.4 Å². The molecule has 2 aromatic rings. The van der Waals surface area contributed by atoms with Gasteiger partial charge in [0.05, 0.1) is 19.1 Å². The Bertz CT molecular complexity index is 984. The lowest BCUT2D eigenvalue weighted by Crippen LogP contribution is -2.36. The van der Waals surface area contributed by atoms with Crippen LogP contribution in [0.1, 0.15) is 44.1 Å². The molecule has 1 amide bonds. The van der Waals surface area contributed by atoms with E-state index in [4.69, 9.17) is 9.47 Å². The van der Waals surface area contributed by atoms with Gasteiger partial charge < -0.3 is 14.8 Å². The van der Waals surface area contributed by atoms with E-state index in [-0.39, 0.29) is 23.3 Å². The number of amides is 1. The summed E-state index contributed by atoms with van der Waals surface area (Å²) in [5.74, 6) is 0.996. The zero-order valence-corrected chi connectivity index (χ0v) is 18.8. The number of carbonyl (C=O) groups is 1. The van der Waals surface area contributed by atoms with Gasteiger partial charge in [-0.25, -0.2) is 13.1 Å². The number of methoxy groups -OCH3 is 2. The maximum absolute atomic E-state index is 12.6. The van der Waals surface area contributed by atoms with Crippen molar-refractivity contribution in [2.45, 2.75) is 55.9 Å². The Morgan fingerprint density at radius 3 is 2.29 bits per heavy atom. The van der Waals surface area contributed by atoms with E-state index in [0.29, 0.717) is 23.6 Å². The molecule has 0 saturated heterocycles. The van der Waals surface area contributed by atoms with Crippen molar-refractivity contribution >= 4 is 21.6 Å². The van der Waals surface area contributed by atoms with Gasteiger partial charge in [-0.3, -0.25) is 4.79 Å². The van der Waals surface area contributed by atoms with Crippen molar-refractivity contribution in [1.29, 1.82) is 0 Å². The van der Waals surface area contributed by atoms with Gasteiger partial charge in [0, 0.05) is 24.2 Å². The summed E-state index contributed by atoms with van der Waals surface area (Å²) in [7, 11) is -0.419. The van der Waals surface area contributed by atoms with Gasteiger partial charge >= 0.3 is 0 Å². The molecule has 0 heterocycles. The average Bonchev–Trinajstić information content (AvgIpc) is 2.78. The minimum atomic E-state index is -3.51. The maximum atomic E-state index is 12.6. The second kappa shape index (κ2) is 10.6. The third-order valence-electron chi connectivity index (χ3n) is 5.47. The van der Waals surface area contributed by atoms with Crippen LogP contribution in [0.25, 0.3) is 0 Å². The van der Waals surface area contributed by atoms with Crippen molar-refractivity contribution < 1.29 is 22.7 Å². The third-order valence-corrected chi connectivity index (χ3v) is 7.01. The van der Waals surface area contributed by atoms with Crippen LogP contribution in [0.4, 0.5) is 5.69 Å². The fraction of sp³-hybridized carbons (Fsp3) is 0.435. The van der Waals surface area contributed by atoms with Gasteiger partial charge in [0.25, 0.3) is 0 Å². The fourth-order valence-electron chi connectivity index (χ4n) is 3.74. The fourth-order valence-corrected chi connectivity index (χ4v) is 5.04. The van der Waals surface area contributed by atoms with Gasteiger partial charge in [-0.15, -0.1) is 0 Å². The van der Waals surface area contributed by atoms with E-state index in [1.165, 1.54) is 13.5 Å². The summed E-state index contributed by atoms with van der Waals surface area (Å²) < 4.78 is 38.4. The highest BCUT2D eigenvalue weighted by Crippen LogP contribution is 2.29. The monoisotopic (exact) mass is 446 g/mol. The first-order chi connectivity index (χ1) is 14.9. The lowest BCUT2D eigenvalue weighted by Gasteiger charge is -2.22. The van der Waals surface area contributed by atoms with Crippen molar-refractivity contribution in [1.82, 2.24) is 4.72 Å². The molecular weight excluding hydrogens is 416 g/mol. The van der Waals surface area contributed by atoms with Crippen LogP contribution in [0.2, 0.25) is 0 Å². The van der Waals surface area contributed by atoms with E-state index >= 15 is 0 Å². The zero-order valence-electron chi connectivity index (χ0n) is 18.0. The number of sulfonamides is 1. The first-order valence-electron chi connectivity index (χ1n) is 10.5. The predicted molar refractivity (Wildman–Crippen MR) is 120 cm³/mol. The Kier molecular flexibility index (Phi) is 7.92. The van der Waals surface area contributed by atoms with E-state index < -0.39 is 10.0 Å². The summed E-state index contributed by atoms with van der Waals surface area (Å²) in [6.45, 7) is 0. The number of benzene rings is 2. The van der Waals surface area contributed by atoms with Crippen LogP contribution in [-0.4, -0.2) is 34.6 Å². The summed E-state index contributed by atoms with van der Waals surface area (Å²) in [5.41, 5.74) is 1.52. The minimum Gasteiger partial charge on any atom is -0.493 e. The number of carbonyl (C=O) groups excluding carboxylic acids is 1. The number of ether oxygens (including phenoxy) is 2. The molecule has 0 aliphatic heterocycles. The summed E-state index contributed by atoms with van der Waals surface area (Å²) >= 11 is 0. The second-order valence-corrected chi connectivity index (χ2v) is 9.43. The number of anilines is 1. The molecule has 0 spiro atoms. The van der Waals surface area contributed by atoms with Crippen LogP contribution >= 0.6 is 0 Å². The van der Waals surface area contributed by atoms with Gasteiger partial charge in [-0.05, 0) is 49.1 Å². The first kappa shape index (κ1) is 23.1. The van der Waals surface area contributed by atoms with Gasteiger partial charge in [0.1, 0.15) is 0 Å². The largest absolute Gasteiger partial charge is 0.493 e. The van der Waals surface area contributed by atoms with Crippen LogP contribution in [0.5, 0.6) is 11.5 Å². The van der Waals surface area contributed by atoms with E-state index in [1.807, 2.05) is 0 Å². The molecule has 7 nitrogen and oxygen atoms in total. The molecule has 1 aliphatic carbocycles. The Morgan fingerprint density at radius 2 is 1.65 bits per heavy atom. The molecule has 0 unspecified atom stereocenters. The normalized spacial score (nSPS) is 14.8. The van der Waals surface area contributed by atoms with Crippen LogP contribution < -0.4 is 19.5 Å². The molecule has 3 rings (SSSR count).